The van der Waals surface area contributed by atoms with Crippen molar-refractivity contribution in [1.82, 2.24) is 10.3 Å². The summed E-state index contributed by atoms with van der Waals surface area (Å²) in [6.07, 6.45) is 1.28. The minimum atomic E-state index is 0.612. The summed E-state index contributed by atoms with van der Waals surface area (Å²) in [5.41, 5.74) is 1.14. The van der Waals surface area contributed by atoms with Crippen LogP contribution in [-0.2, 0) is 6.54 Å². The van der Waals surface area contributed by atoms with Crippen LogP contribution >= 0.6 is 0 Å². The van der Waals surface area contributed by atoms with Crippen molar-refractivity contribution in [3.05, 3.63) is 23.9 Å². The maximum absolute atomic E-state index is 4.80. The first-order valence-corrected chi connectivity index (χ1v) is 7.49. The van der Waals surface area contributed by atoms with E-state index in [0.717, 1.165) is 37.1 Å². The van der Waals surface area contributed by atoms with Gasteiger partial charge in [0, 0.05) is 19.1 Å². The minimum Gasteiger partial charge on any atom is -0.354 e. The summed E-state index contributed by atoms with van der Waals surface area (Å²) in [5.74, 6) is 2.60. The number of pyridine rings is 1. The third-order valence-electron chi connectivity index (χ3n) is 3.73. The van der Waals surface area contributed by atoms with E-state index in [-0.39, 0.29) is 0 Å². The maximum Gasteiger partial charge on any atom is 0.129 e. The van der Waals surface area contributed by atoms with Crippen molar-refractivity contribution in [2.24, 2.45) is 11.8 Å². The first kappa shape index (κ1) is 14.3. The van der Waals surface area contributed by atoms with E-state index in [4.69, 9.17) is 4.98 Å². The van der Waals surface area contributed by atoms with Crippen LogP contribution in [-0.4, -0.2) is 24.1 Å². The predicted octanol–water partition coefficient (Wildman–Crippen LogP) is 3.06. The van der Waals surface area contributed by atoms with E-state index in [9.17, 15) is 0 Å². The van der Waals surface area contributed by atoms with E-state index in [2.05, 4.69) is 56.1 Å². The predicted molar refractivity (Wildman–Crippen MR) is 81.4 cm³/mol. The molecule has 0 aromatic carbocycles. The van der Waals surface area contributed by atoms with E-state index < -0.39 is 0 Å². The van der Waals surface area contributed by atoms with E-state index >= 15 is 0 Å². The van der Waals surface area contributed by atoms with Gasteiger partial charge >= 0.3 is 0 Å². The first-order chi connectivity index (χ1) is 9.06. The van der Waals surface area contributed by atoms with E-state index in [1.54, 1.807) is 0 Å². The summed E-state index contributed by atoms with van der Waals surface area (Å²) in [6, 6.07) is 6.99. The lowest BCUT2D eigenvalue weighted by Gasteiger charge is -2.23. The molecule has 2 atom stereocenters. The summed E-state index contributed by atoms with van der Waals surface area (Å²) in [6.45, 7) is 12.1. The molecule has 19 heavy (non-hydrogen) atoms. The Morgan fingerprint density at radius 1 is 1.37 bits per heavy atom. The fraction of sp³-hybridized carbons (Fsp3) is 0.688. The summed E-state index contributed by atoms with van der Waals surface area (Å²) < 4.78 is 0. The Bertz CT molecular complexity index is 403. The summed E-state index contributed by atoms with van der Waals surface area (Å²) in [4.78, 5) is 7.24. The van der Waals surface area contributed by atoms with Crippen molar-refractivity contribution in [3.63, 3.8) is 0 Å². The molecule has 0 bridgehead atoms. The van der Waals surface area contributed by atoms with Gasteiger partial charge < -0.3 is 10.2 Å². The molecule has 0 aliphatic carbocycles. The molecule has 1 N–H and O–H groups in total. The molecule has 0 amide bonds. The molecule has 2 rings (SSSR count). The molecule has 0 saturated carbocycles. The van der Waals surface area contributed by atoms with Crippen molar-refractivity contribution in [3.8, 4) is 0 Å². The Morgan fingerprint density at radius 2 is 2.16 bits per heavy atom. The molecular formula is C16H27N3. The molecule has 106 valence electrons. The number of rotatable bonds is 5. The van der Waals surface area contributed by atoms with Crippen LogP contribution in [0.15, 0.2) is 18.2 Å². The van der Waals surface area contributed by atoms with Crippen LogP contribution in [0.5, 0.6) is 0 Å². The molecule has 3 nitrogen and oxygen atoms in total. The number of nitrogens with zero attached hydrogens (tertiary/aromatic N) is 2. The minimum absolute atomic E-state index is 0.612. The molecular weight excluding hydrogens is 234 g/mol. The third-order valence-corrected chi connectivity index (χ3v) is 3.73. The molecule has 1 aliphatic heterocycles. The molecule has 2 unspecified atom stereocenters. The Labute approximate surface area is 117 Å². The lowest BCUT2D eigenvalue weighted by molar-refractivity contribution is 0.548. The molecule has 1 fully saturated rings. The Hall–Kier alpha value is -1.09. The zero-order valence-corrected chi connectivity index (χ0v) is 12.7. The highest BCUT2D eigenvalue weighted by molar-refractivity contribution is 5.41. The molecule has 0 spiro atoms. The van der Waals surface area contributed by atoms with Gasteiger partial charge in [-0.1, -0.05) is 26.8 Å². The van der Waals surface area contributed by atoms with Crippen LogP contribution < -0.4 is 10.2 Å². The maximum atomic E-state index is 4.80. The van der Waals surface area contributed by atoms with Crippen LogP contribution in [0, 0.1) is 11.8 Å². The Kier molecular flexibility index (Phi) is 4.81. The highest BCUT2D eigenvalue weighted by atomic mass is 15.2. The van der Waals surface area contributed by atoms with Gasteiger partial charge in [0.25, 0.3) is 0 Å². The van der Waals surface area contributed by atoms with Crippen LogP contribution in [0.2, 0.25) is 0 Å². The highest BCUT2D eigenvalue weighted by Crippen LogP contribution is 2.27. The zero-order valence-electron chi connectivity index (χ0n) is 12.7. The largest absolute Gasteiger partial charge is 0.354 e. The molecule has 1 aliphatic rings. The van der Waals surface area contributed by atoms with Gasteiger partial charge in [-0.25, -0.2) is 4.98 Å². The van der Waals surface area contributed by atoms with Gasteiger partial charge in [-0.05, 0) is 43.9 Å². The van der Waals surface area contributed by atoms with Crippen molar-refractivity contribution < 1.29 is 0 Å². The molecule has 3 heteroatoms. The van der Waals surface area contributed by atoms with Crippen molar-refractivity contribution in [2.45, 2.75) is 46.7 Å². The normalized spacial score (nSPS) is 23.3. The second-order valence-electron chi connectivity index (χ2n) is 6.35. The number of anilines is 1. The second kappa shape index (κ2) is 6.38. The monoisotopic (exact) mass is 261 g/mol. The number of hydrogen-bond donors (Lipinski definition) is 1. The Morgan fingerprint density at radius 3 is 2.79 bits per heavy atom. The van der Waals surface area contributed by atoms with E-state index in [1.165, 1.54) is 6.42 Å². The SMILES string of the molecule is CC(C)CNCc1cccc(N2CC(C)CC2C)n1. The van der Waals surface area contributed by atoms with Gasteiger partial charge in [-0.15, -0.1) is 0 Å². The van der Waals surface area contributed by atoms with Crippen molar-refractivity contribution >= 4 is 5.82 Å². The third kappa shape index (κ3) is 3.93. The first-order valence-electron chi connectivity index (χ1n) is 7.49. The number of hydrogen-bond acceptors (Lipinski definition) is 3. The van der Waals surface area contributed by atoms with Gasteiger partial charge in [0.2, 0.25) is 0 Å². The van der Waals surface area contributed by atoms with Crippen LogP contribution in [0.4, 0.5) is 5.82 Å². The molecule has 1 aromatic heterocycles. The summed E-state index contributed by atoms with van der Waals surface area (Å²) in [7, 11) is 0. The summed E-state index contributed by atoms with van der Waals surface area (Å²) >= 11 is 0. The van der Waals surface area contributed by atoms with Crippen LogP contribution in [0.25, 0.3) is 0 Å². The fourth-order valence-electron chi connectivity index (χ4n) is 2.83. The lowest BCUT2D eigenvalue weighted by Crippen LogP contribution is -2.28. The number of aromatic nitrogens is 1. The summed E-state index contributed by atoms with van der Waals surface area (Å²) in [5, 5.41) is 3.46. The van der Waals surface area contributed by atoms with E-state index in [0.29, 0.717) is 12.0 Å². The van der Waals surface area contributed by atoms with Crippen LogP contribution in [0.1, 0.15) is 39.8 Å². The molecule has 0 radical (unpaired) electrons. The smallest absolute Gasteiger partial charge is 0.129 e. The van der Waals surface area contributed by atoms with Crippen molar-refractivity contribution in [1.29, 1.82) is 0 Å². The second-order valence-corrected chi connectivity index (χ2v) is 6.35. The standard InChI is InChI=1S/C16H27N3/c1-12(2)9-17-10-15-6-5-7-16(18-15)19-11-13(3)8-14(19)4/h5-7,12-14,17H,8-11H2,1-4H3. The molecule has 1 saturated heterocycles. The van der Waals surface area contributed by atoms with Crippen molar-refractivity contribution in [2.75, 3.05) is 18.0 Å². The number of nitrogens with one attached hydrogen (secondary N) is 1. The quantitative estimate of drug-likeness (QED) is 0.883. The highest BCUT2D eigenvalue weighted by Gasteiger charge is 2.26. The average Bonchev–Trinajstić information content (AvgIpc) is 2.68. The zero-order chi connectivity index (χ0) is 13.8. The van der Waals surface area contributed by atoms with Gasteiger partial charge in [0.05, 0.1) is 5.69 Å². The van der Waals surface area contributed by atoms with E-state index in [1.807, 2.05) is 0 Å². The molecule has 2 heterocycles. The van der Waals surface area contributed by atoms with Gasteiger partial charge in [0.15, 0.2) is 0 Å². The average molecular weight is 261 g/mol. The Balaban J connectivity index is 1.99. The topological polar surface area (TPSA) is 28.2 Å². The molecule has 1 aromatic rings. The van der Waals surface area contributed by atoms with Gasteiger partial charge in [0.1, 0.15) is 5.82 Å². The van der Waals surface area contributed by atoms with Crippen LogP contribution in [0.3, 0.4) is 0 Å². The fourth-order valence-corrected chi connectivity index (χ4v) is 2.83. The lowest BCUT2D eigenvalue weighted by atomic mass is 10.1. The van der Waals surface area contributed by atoms with Gasteiger partial charge in [-0.3, -0.25) is 0 Å². The van der Waals surface area contributed by atoms with Gasteiger partial charge in [-0.2, -0.15) is 0 Å².